The quantitative estimate of drug-likeness (QED) is 0.928. The Morgan fingerprint density at radius 3 is 2.36 bits per heavy atom. The standard InChI is InChI=1S/C19H25NO2/c1-17(2)18(3)10-11-19(17,13-15(18)21)16(22)20-12-9-14-7-5-4-6-8-14/h4-8H,9-13H2,1-3H3,(H,20,22)/t18-,19+/m0/s1. The molecule has 0 spiro atoms. The zero-order chi connectivity index (χ0) is 16.0. The van der Waals surface area contributed by atoms with E-state index in [0.29, 0.717) is 13.0 Å². The Hall–Kier alpha value is -1.64. The molecule has 22 heavy (non-hydrogen) atoms. The lowest BCUT2D eigenvalue weighted by atomic mass is 9.64. The monoisotopic (exact) mass is 299 g/mol. The molecule has 0 saturated heterocycles. The minimum atomic E-state index is -0.504. The maximum Gasteiger partial charge on any atom is 0.227 e. The predicted octanol–water partition coefficient (Wildman–Crippen LogP) is 3.13. The van der Waals surface area contributed by atoms with Crippen molar-refractivity contribution < 1.29 is 9.59 Å². The number of benzene rings is 1. The van der Waals surface area contributed by atoms with E-state index in [1.165, 1.54) is 5.56 Å². The first-order valence-corrected chi connectivity index (χ1v) is 8.19. The molecule has 3 heteroatoms. The van der Waals surface area contributed by atoms with Crippen LogP contribution in [0.5, 0.6) is 0 Å². The lowest BCUT2D eigenvalue weighted by Crippen LogP contribution is -2.47. The summed E-state index contributed by atoms with van der Waals surface area (Å²) in [4.78, 5) is 25.3. The highest BCUT2D eigenvalue weighted by molar-refractivity contribution is 5.99. The summed E-state index contributed by atoms with van der Waals surface area (Å²) in [7, 11) is 0. The van der Waals surface area contributed by atoms with Crippen molar-refractivity contribution >= 4 is 11.7 Å². The molecule has 118 valence electrons. The van der Waals surface area contributed by atoms with Crippen molar-refractivity contribution in [1.82, 2.24) is 5.32 Å². The zero-order valence-electron chi connectivity index (χ0n) is 13.7. The predicted molar refractivity (Wildman–Crippen MR) is 86.3 cm³/mol. The number of rotatable bonds is 4. The summed E-state index contributed by atoms with van der Waals surface area (Å²) >= 11 is 0. The second kappa shape index (κ2) is 4.94. The molecule has 2 saturated carbocycles. The van der Waals surface area contributed by atoms with Crippen LogP contribution in [-0.4, -0.2) is 18.2 Å². The molecule has 2 fully saturated rings. The van der Waals surface area contributed by atoms with Crippen LogP contribution in [0, 0.1) is 16.2 Å². The number of nitrogens with one attached hydrogen (secondary N) is 1. The Balaban J connectivity index is 1.69. The molecular weight excluding hydrogens is 274 g/mol. The van der Waals surface area contributed by atoms with E-state index in [9.17, 15) is 9.59 Å². The van der Waals surface area contributed by atoms with Gasteiger partial charge in [0, 0.05) is 18.4 Å². The molecule has 2 aliphatic carbocycles. The average molecular weight is 299 g/mol. The highest BCUT2D eigenvalue weighted by Crippen LogP contribution is 2.70. The maximum absolute atomic E-state index is 12.9. The van der Waals surface area contributed by atoms with Gasteiger partial charge in [0.25, 0.3) is 0 Å². The van der Waals surface area contributed by atoms with Crippen molar-refractivity contribution in [2.24, 2.45) is 16.2 Å². The molecule has 0 radical (unpaired) electrons. The van der Waals surface area contributed by atoms with Gasteiger partial charge in [0.05, 0.1) is 5.41 Å². The molecular formula is C19H25NO2. The van der Waals surface area contributed by atoms with Crippen molar-refractivity contribution in [2.75, 3.05) is 6.54 Å². The molecule has 1 N–H and O–H groups in total. The normalized spacial score (nSPS) is 32.2. The summed E-state index contributed by atoms with van der Waals surface area (Å²) in [6.45, 7) is 6.87. The number of hydrogen-bond acceptors (Lipinski definition) is 2. The van der Waals surface area contributed by atoms with Gasteiger partial charge < -0.3 is 5.32 Å². The molecule has 1 aromatic carbocycles. The molecule has 0 heterocycles. The van der Waals surface area contributed by atoms with Crippen molar-refractivity contribution in [3.63, 3.8) is 0 Å². The number of ketones is 1. The third-order valence-electron chi connectivity index (χ3n) is 6.68. The van der Waals surface area contributed by atoms with Crippen LogP contribution < -0.4 is 5.32 Å². The van der Waals surface area contributed by atoms with Gasteiger partial charge in [-0.1, -0.05) is 51.1 Å². The van der Waals surface area contributed by atoms with E-state index >= 15 is 0 Å². The first-order valence-electron chi connectivity index (χ1n) is 8.19. The first kappa shape index (κ1) is 15.3. The van der Waals surface area contributed by atoms with Crippen molar-refractivity contribution in [3.05, 3.63) is 35.9 Å². The van der Waals surface area contributed by atoms with Gasteiger partial charge in [-0.3, -0.25) is 9.59 Å². The lowest BCUT2D eigenvalue weighted by Gasteiger charge is -2.38. The van der Waals surface area contributed by atoms with Gasteiger partial charge in [-0.05, 0) is 30.2 Å². The second-order valence-electron chi connectivity index (χ2n) is 7.63. The van der Waals surface area contributed by atoms with Gasteiger partial charge in [-0.15, -0.1) is 0 Å². The molecule has 3 nitrogen and oxygen atoms in total. The van der Waals surface area contributed by atoms with Crippen LogP contribution in [0.15, 0.2) is 30.3 Å². The van der Waals surface area contributed by atoms with E-state index in [0.717, 1.165) is 19.3 Å². The number of Topliss-reactive ketones (excluding diaryl/α,β-unsaturated/α-hetero) is 1. The fraction of sp³-hybridized carbons (Fsp3) is 0.579. The average Bonchev–Trinajstić information content (AvgIpc) is 2.78. The third-order valence-corrected chi connectivity index (χ3v) is 6.68. The minimum Gasteiger partial charge on any atom is -0.355 e. The lowest BCUT2D eigenvalue weighted by molar-refractivity contribution is -0.136. The van der Waals surface area contributed by atoms with Gasteiger partial charge in [0.1, 0.15) is 5.78 Å². The van der Waals surface area contributed by atoms with Crippen LogP contribution in [0.25, 0.3) is 0 Å². The topological polar surface area (TPSA) is 46.2 Å². The molecule has 2 atom stereocenters. The van der Waals surface area contributed by atoms with Crippen LogP contribution in [0.2, 0.25) is 0 Å². The van der Waals surface area contributed by atoms with Gasteiger partial charge in [-0.25, -0.2) is 0 Å². The molecule has 1 aromatic rings. The van der Waals surface area contributed by atoms with Gasteiger partial charge in [0.15, 0.2) is 0 Å². The van der Waals surface area contributed by atoms with Crippen molar-refractivity contribution in [2.45, 2.75) is 46.5 Å². The van der Waals surface area contributed by atoms with Crippen molar-refractivity contribution in [1.29, 1.82) is 0 Å². The van der Waals surface area contributed by atoms with E-state index in [1.807, 2.05) is 25.1 Å². The molecule has 0 aliphatic heterocycles. The Morgan fingerprint density at radius 2 is 1.82 bits per heavy atom. The number of fused-ring (bicyclic) bond motifs is 2. The highest BCUT2D eigenvalue weighted by atomic mass is 16.2. The Kier molecular flexibility index (Phi) is 3.42. The summed E-state index contributed by atoms with van der Waals surface area (Å²) in [6, 6.07) is 10.2. The van der Waals surface area contributed by atoms with E-state index < -0.39 is 5.41 Å². The molecule has 0 aromatic heterocycles. The smallest absolute Gasteiger partial charge is 0.227 e. The van der Waals surface area contributed by atoms with Gasteiger partial charge >= 0.3 is 0 Å². The Labute approximate surface area is 132 Å². The Bertz CT molecular complexity index is 607. The second-order valence-corrected chi connectivity index (χ2v) is 7.63. The van der Waals surface area contributed by atoms with E-state index in [-0.39, 0.29) is 22.5 Å². The Morgan fingerprint density at radius 1 is 1.14 bits per heavy atom. The van der Waals surface area contributed by atoms with Crippen LogP contribution >= 0.6 is 0 Å². The van der Waals surface area contributed by atoms with Gasteiger partial charge in [-0.2, -0.15) is 0 Å². The minimum absolute atomic E-state index is 0.0722. The van der Waals surface area contributed by atoms with Crippen LogP contribution in [0.3, 0.4) is 0 Å². The fourth-order valence-electron chi connectivity index (χ4n) is 4.49. The van der Waals surface area contributed by atoms with Crippen LogP contribution in [0.4, 0.5) is 0 Å². The van der Waals surface area contributed by atoms with Crippen molar-refractivity contribution in [3.8, 4) is 0 Å². The highest BCUT2D eigenvalue weighted by Gasteiger charge is 2.72. The summed E-state index contributed by atoms with van der Waals surface area (Å²) < 4.78 is 0. The number of amides is 1. The number of carbonyl (C=O) groups is 2. The zero-order valence-corrected chi connectivity index (χ0v) is 13.7. The SMILES string of the molecule is CC1(C)[C@]2(C(=O)NCCc3ccccc3)CC[C@@]1(C)C(=O)C2. The summed E-state index contributed by atoms with van der Waals surface area (Å²) in [5.74, 6) is 0.338. The molecule has 3 rings (SSSR count). The van der Waals surface area contributed by atoms with E-state index in [2.05, 4.69) is 31.3 Å². The van der Waals surface area contributed by atoms with Crippen LogP contribution in [-0.2, 0) is 16.0 Å². The first-order chi connectivity index (χ1) is 10.3. The summed E-state index contributed by atoms with van der Waals surface area (Å²) in [5.41, 5.74) is 0.131. The fourth-order valence-corrected chi connectivity index (χ4v) is 4.49. The van der Waals surface area contributed by atoms with Gasteiger partial charge in [0.2, 0.25) is 5.91 Å². The van der Waals surface area contributed by atoms with E-state index in [4.69, 9.17) is 0 Å². The third kappa shape index (κ3) is 1.87. The number of carbonyl (C=O) groups excluding carboxylic acids is 2. The van der Waals surface area contributed by atoms with E-state index in [1.54, 1.807) is 0 Å². The van der Waals surface area contributed by atoms with Crippen LogP contribution in [0.1, 0.15) is 45.6 Å². The largest absolute Gasteiger partial charge is 0.355 e. The molecule has 0 unspecified atom stereocenters. The maximum atomic E-state index is 12.9. The number of hydrogen-bond donors (Lipinski definition) is 1. The summed E-state index contributed by atoms with van der Waals surface area (Å²) in [6.07, 6.45) is 2.91. The molecule has 1 amide bonds. The summed E-state index contributed by atoms with van der Waals surface area (Å²) in [5, 5.41) is 3.09. The molecule has 2 aliphatic rings. The molecule has 2 bridgehead atoms.